The number of amides is 11. The zero-order valence-electron chi connectivity index (χ0n) is 48.8. The second-order valence-electron chi connectivity index (χ2n) is 21.0. The summed E-state index contributed by atoms with van der Waals surface area (Å²) in [6.07, 6.45) is 12.8. The lowest BCUT2D eigenvalue weighted by atomic mass is 10.1. The molecule has 0 spiro atoms. The van der Waals surface area contributed by atoms with E-state index in [1.165, 1.54) is 90.2 Å². The molecule has 2 atom stereocenters. The highest BCUT2D eigenvalue weighted by Crippen LogP contribution is 2.23. The smallest absolute Gasteiger partial charge is 0.291 e. The Bertz CT molecular complexity index is 3840. The number of carbonyl (C=O) groups excluding carboxylic acids is 11. The van der Waals surface area contributed by atoms with Crippen molar-refractivity contribution in [2.24, 2.45) is 66.7 Å². The highest BCUT2D eigenvalue weighted by atomic mass is 16.2. The summed E-state index contributed by atoms with van der Waals surface area (Å²) in [4.78, 5) is 148. The largest absolute Gasteiger partial charge is 0.364 e. The van der Waals surface area contributed by atoms with Crippen LogP contribution in [0.1, 0.15) is 99.2 Å². The number of anilines is 6. The van der Waals surface area contributed by atoms with E-state index >= 15 is 0 Å². The van der Waals surface area contributed by atoms with Crippen molar-refractivity contribution < 1.29 is 52.7 Å². The van der Waals surface area contributed by atoms with Gasteiger partial charge in [-0.05, 0) is 49.2 Å². The molecule has 0 aliphatic carbocycles. The molecule has 1 fully saturated rings. The third kappa shape index (κ3) is 15.2. The molecule has 31 heteroatoms. The maximum absolute atomic E-state index is 13.5. The fraction of sp³-hybridized carbons (Fsp3) is 0.321. The van der Waals surface area contributed by atoms with Gasteiger partial charge in [-0.1, -0.05) is 0 Å². The van der Waals surface area contributed by atoms with Gasteiger partial charge in [-0.3, -0.25) is 52.7 Å². The number of hydrogen-bond donors (Lipinski definition) is 11. The molecular formula is C56H68N20O11. The minimum atomic E-state index is -1.06. The third-order valence-corrected chi connectivity index (χ3v) is 14.3. The number of likely N-dealkylation sites (tertiary alicyclic amines) is 1. The summed E-state index contributed by atoms with van der Waals surface area (Å²) in [5.41, 5.74) is 14.8. The average molecular weight is 1200 g/mol. The number of hydrogen-bond acceptors (Lipinski definition) is 13. The zero-order valence-corrected chi connectivity index (χ0v) is 48.8. The summed E-state index contributed by atoms with van der Waals surface area (Å²) in [5.74, 6) is -5.46. The van der Waals surface area contributed by atoms with Gasteiger partial charge in [0.2, 0.25) is 23.6 Å². The van der Waals surface area contributed by atoms with E-state index in [9.17, 15) is 52.7 Å². The number of aromatic nitrogens is 8. The van der Waals surface area contributed by atoms with Gasteiger partial charge in [0.15, 0.2) is 5.82 Å². The number of nitrogens with two attached hydrogens (primary N) is 2. The number of primary amides is 1. The van der Waals surface area contributed by atoms with Gasteiger partial charge in [-0.15, -0.1) is 0 Å². The number of nitrogens with one attached hydrogen (secondary N) is 9. The fourth-order valence-corrected chi connectivity index (χ4v) is 9.71. The van der Waals surface area contributed by atoms with Gasteiger partial charge in [0.05, 0.1) is 46.1 Å². The lowest BCUT2D eigenvalue weighted by molar-refractivity contribution is -0.130. The molecule has 0 unspecified atom stereocenters. The van der Waals surface area contributed by atoms with E-state index in [2.05, 4.69) is 52.8 Å². The van der Waals surface area contributed by atoms with Crippen molar-refractivity contribution in [3.63, 3.8) is 0 Å². The van der Waals surface area contributed by atoms with Crippen LogP contribution >= 0.6 is 0 Å². The van der Waals surface area contributed by atoms with Crippen LogP contribution < -0.4 is 59.3 Å². The molecule has 1 saturated heterocycles. The predicted octanol–water partition coefficient (Wildman–Crippen LogP) is 0.759. The topological polar surface area (TPSA) is 399 Å². The van der Waals surface area contributed by atoms with Gasteiger partial charge in [0, 0.05) is 144 Å². The molecule has 13 N–H and O–H groups in total. The van der Waals surface area contributed by atoms with Crippen LogP contribution in [0.15, 0.2) is 86.0 Å². The number of carbonyl (C=O) groups is 11. The van der Waals surface area contributed by atoms with Crippen LogP contribution in [-0.2, 0) is 68.5 Å². The number of rotatable bonds is 24. The maximum atomic E-state index is 13.5. The minimum absolute atomic E-state index is 0.00187. The predicted molar refractivity (Wildman–Crippen MR) is 317 cm³/mol. The number of imidazole rings is 1. The van der Waals surface area contributed by atoms with E-state index < -0.39 is 65.1 Å². The van der Waals surface area contributed by atoms with Gasteiger partial charge in [-0.2, -0.15) is 0 Å². The van der Waals surface area contributed by atoms with Gasteiger partial charge in [0.1, 0.15) is 34.2 Å². The number of nitrogens with zero attached hydrogens (tertiary/aromatic N) is 9. The van der Waals surface area contributed by atoms with Gasteiger partial charge >= 0.3 is 0 Å². The van der Waals surface area contributed by atoms with E-state index in [0.717, 1.165) is 0 Å². The molecule has 7 aromatic rings. The highest BCUT2D eigenvalue weighted by molar-refractivity contribution is 6.08. The summed E-state index contributed by atoms with van der Waals surface area (Å²) >= 11 is 0. The SMILES string of the molecule is Cn1cc(NC(=O)CCNC(=O)c2cc(NC(=O)c3cc(NC(=O)c4cc(NC(=O)[C@H](N)CCNC(=O)c5cc(NC(=O)[C@@H]6CCN(C(=O)CCNC(=O)c7cc(NC(=O)c8nccn8C)cn7C)C6)cn5C)cn4C)cn3C)cn2C)cc1C(N)=O. The molecule has 31 nitrogen and oxygen atoms in total. The van der Waals surface area contributed by atoms with E-state index in [-0.39, 0.29) is 109 Å². The van der Waals surface area contributed by atoms with Gasteiger partial charge in [-0.25, -0.2) is 4.98 Å². The molecule has 87 heavy (non-hydrogen) atoms. The van der Waals surface area contributed by atoms with Crippen molar-refractivity contribution >= 4 is 99.1 Å². The van der Waals surface area contributed by atoms with Crippen molar-refractivity contribution in [2.75, 3.05) is 64.6 Å². The Labute approximate surface area is 497 Å². The lowest BCUT2D eigenvalue weighted by Crippen LogP contribution is -2.39. The molecule has 0 aromatic carbocycles. The lowest BCUT2D eigenvalue weighted by Gasteiger charge is -2.16. The molecular weight excluding hydrogens is 1130 g/mol. The molecule has 0 bridgehead atoms. The van der Waals surface area contributed by atoms with Gasteiger partial charge in [0.25, 0.3) is 41.4 Å². The monoisotopic (exact) mass is 1200 g/mol. The first-order valence-corrected chi connectivity index (χ1v) is 27.3. The molecule has 1 aliphatic heterocycles. The minimum Gasteiger partial charge on any atom is -0.364 e. The van der Waals surface area contributed by atoms with E-state index in [1.54, 1.807) is 82.0 Å². The molecule has 0 radical (unpaired) electrons. The summed E-state index contributed by atoms with van der Waals surface area (Å²) in [6, 6.07) is 7.77. The van der Waals surface area contributed by atoms with Crippen LogP contribution in [0, 0.1) is 5.92 Å². The van der Waals surface area contributed by atoms with E-state index in [0.29, 0.717) is 35.7 Å². The standard InChI is InChI=1S/C56H68N20O11/c1-69-17-15-59-48(69)56(87)68-37-21-42(73(5)30-37)53(84)62-14-10-46(78)76-16-11-31(24-76)49(80)64-33-19-40(71(3)26-33)51(82)60-12-8-38(57)50(81)65-34-22-43(74(6)27-34)54(85)67-36-23-44(75(7)29-36)55(86)66-35-20-41(72(4)28-35)52(83)61-13-9-45(77)63-32-18-39(47(58)79)70(2)25-32/h15,17-23,25-31,38H,8-14,16,24,57H2,1-7H3,(H2,58,79)(H,60,82)(H,61,83)(H,62,84)(H,63,77)(H,64,80)(H,65,81)(H,66,86)(H,67,85)(H,68,87)/t31-,38-/m1/s1. The van der Waals surface area contributed by atoms with Crippen LogP contribution in [0.3, 0.4) is 0 Å². The van der Waals surface area contributed by atoms with Crippen molar-refractivity contribution in [3.8, 4) is 0 Å². The van der Waals surface area contributed by atoms with Crippen molar-refractivity contribution in [3.05, 3.63) is 126 Å². The molecule has 11 amide bonds. The van der Waals surface area contributed by atoms with Crippen molar-refractivity contribution in [1.29, 1.82) is 0 Å². The summed E-state index contributed by atoms with van der Waals surface area (Å²) in [5, 5.41) is 24.5. The first kappa shape index (κ1) is 62.1. The molecule has 8 heterocycles. The Kier molecular flexibility index (Phi) is 19.1. The third-order valence-electron chi connectivity index (χ3n) is 14.3. The van der Waals surface area contributed by atoms with Crippen LogP contribution in [0.4, 0.5) is 34.1 Å². The van der Waals surface area contributed by atoms with E-state index in [1.807, 2.05) is 0 Å². The quantitative estimate of drug-likeness (QED) is 0.0399. The Hall–Kier alpha value is -11.0. The van der Waals surface area contributed by atoms with Crippen molar-refractivity contribution in [1.82, 2.24) is 57.8 Å². The maximum Gasteiger partial charge on any atom is 0.291 e. The van der Waals surface area contributed by atoms with E-state index in [4.69, 9.17) is 11.5 Å². The van der Waals surface area contributed by atoms with Crippen molar-refractivity contribution in [2.45, 2.75) is 31.7 Å². The van der Waals surface area contributed by atoms with Crippen LogP contribution in [-0.4, -0.2) is 146 Å². The molecule has 8 rings (SSSR count). The second-order valence-corrected chi connectivity index (χ2v) is 21.0. The van der Waals surface area contributed by atoms with Gasteiger partial charge < -0.3 is 96.2 Å². The molecule has 1 aliphatic rings. The Morgan fingerprint density at radius 1 is 0.494 bits per heavy atom. The summed E-state index contributed by atoms with van der Waals surface area (Å²) < 4.78 is 10.6. The normalized spacial score (nSPS) is 13.1. The Morgan fingerprint density at radius 2 is 0.897 bits per heavy atom. The average Bonchev–Trinajstić information content (AvgIpc) is 2.89. The van der Waals surface area contributed by atoms with Crippen LogP contribution in [0.25, 0.3) is 0 Å². The van der Waals surface area contributed by atoms with Crippen LogP contribution in [0.5, 0.6) is 0 Å². The Morgan fingerprint density at radius 3 is 1.36 bits per heavy atom. The zero-order chi connectivity index (χ0) is 63.0. The highest BCUT2D eigenvalue weighted by Gasteiger charge is 2.32. The summed E-state index contributed by atoms with van der Waals surface area (Å²) in [6.45, 7) is 0.576. The first-order valence-electron chi connectivity index (χ1n) is 27.3. The molecule has 0 saturated carbocycles. The fourth-order valence-electron chi connectivity index (χ4n) is 9.71. The molecule has 7 aromatic heterocycles. The Balaban J connectivity index is 0.723. The number of aryl methyl sites for hydroxylation is 7. The van der Waals surface area contributed by atoms with Crippen LogP contribution in [0.2, 0.25) is 0 Å². The first-order chi connectivity index (χ1) is 41.3. The second kappa shape index (κ2) is 26.7. The summed E-state index contributed by atoms with van der Waals surface area (Å²) in [7, 11) is 11.4. The molecule has 458 valence electrons.